The zero-order chi connectivity index (χ0) is 19.5. The molecule has 2 aromatic rings. The van der Waals surface area contributed by atoms with Gasteiger partial charge in [0.25, 0.3) is 5.91 Å². The third-order valence-corrected chi connectivity index (χ3v) is 5.69. The monoisotopic (exact) mass is 381 g/mol. The van der Waals surface area contributed by atoms with Crippen LogP contribution in [0.1, 0.15) is 34.6 Å². The summed E-state index contributed by atoms with van der Waals surface area (Å²) in [6.45, 7) is 6.10. The molecule has 1 atom stereocenters. The van der Waals surface area contributed by atoms with Gasteiger partial charge in [0.1, 0.15) is 5.69 Å². The molecule has 2 aliphatic heterocycles. The van der Waals surface area contributed by atoms with Crippen LogP contribution in [0.4, 0.5) is 0 Å². The third kappa shape index (κ3) is 3.94. The first-order valence-electron chi connectivity index (χ1n) is 10.00. The van der Waals surface area contributed by atoms with Crippen LogP contribution >= 0.6 is 0 Å². The van der Waals surface area contributed by atoms with Crippen molar-refractivity contribution >= 4 is 11.8 Å². The van der Waals surface area contributed by atoms with Gasteiger partial charge in [0.15, 0.2) is 0 Å². The number of aromatic amines is 1. The standard InChI is InChI=1S/C21H27N5O2/c1-16-14-18(23-22-16)20(27)25-12-10-24(11-13-25)19-8-5-9-26(21(19)28)15-17-6-3-2-4-7-17/h2-4,6-7,14,19H,5,8-13,15H2,1H3,(H,22,23)/t19-/m1/s1. The van der Waals surface area contributed by atoms with Crippen LogP contribution in [-0.2, 0) is 11.3 Å². The number of benzene rings is 1. The van der Waals surface area contributed by atoms with Crippen LogP contribution in [-0.4, -0.2) is 75.5 Å². The number of amides is 2. The first-order chi connectivity index (χ1) is 13.6. The maximum atomic E-state index is 13.1. The van der Waals surface area contributed by atoms with Crippen LogP contribution in [0.3, 0.4) is 0 Å². The molecule has 7 heteroatoms. The Morgan fingerprint density at radius 3 is 2.57 bits per heavy atom. The number of hydrogen-bond acceptors (Lipinski definition) is 4. The number of H-pyrrole nitrogens is 1. The zero-order valence-electron chi connectivity index (χ0n) is 16.3. The predicted octanol–water partition coefficient (Wildman–Crippen LogP) is 1.67. The van der Waals surface area contributed by atoms with E-state index in [9.17, 15) is 9.59 Å². The number of carbonyl (C=O) groups excluding carboxylic acids is 2. The van der Waals surface area contributed by atoms with E-state index in [0.717, 1.165) is 38.2 Å². The molecule has 0 radical (unpaired) electrons. The zero-order valence-corrected chi connectivity index (χ0v) is 16.3. The van der Waals surface area contributed by atoms with Crippen molar-refractivity contribution in [2.24, 2.45) is 0 Å². The summed E-state index contributed by atoms with van der Waals surface area (Å²) in [5.41, 5.74) is 2.52. The third-order valence-electron chi connectivity index (χ3n) is 5.69. The molecule has 0 unspecified atom stereocenters. The summed E-state index contributed by atoms with van der Waals surface area (Å²) in [5, 5.41) is 6.89. The Bertz CT molecular complexity index is 826. The van der Waals surface area contributed by atoms with E-state index in [1.807, 2.05) is 34.9 Å². The van der Waals surface area contributed by atoms with Gasteiger partial charge < -0.3 is 9.80 Å². The molecule has 3 heterocycles. The van der Waals surface area contributed by atoms with E-state index in [2.05, 4.69) is 27.2 Å². The smallest absolute Gasteiger partial charge is 0.274 e. The van der Waals surface area contributed by atoms with Crippen LogP contribution in [0.25, 0.3) is 0 Å². The van der Waals surface area contributed by atoms with E-state index in [1.54, 1.807) is 6.07 Å². The van der Waals surface area contributed by atoms with E-state index in [-0.39, 0.29) is 17.9 Å². The number of aromatic nitrogens is 2. The summed E-state index contributed by atoms with van der Waals surface area (Å²) in [7, 11) is 0. The predicted molar refractivity (Wildman–Crippen MR) is 106 cm³/mol. The second-order valence-electron chi connectivity index (χ2n) is 7.67. The fraction of sp³-hybridized carbons (Fsp3) is 0.476. The summed E-state index contributed by atoms with van der Waals surface area (Å²) in [5.74, 6) is 0.183. The van der Waals surface area contributed by atoms with Crippen LogP contribution in [0.2, 0.25) is 0 Å². The van der Waals surface area contributed by atoms with Gasteiger partial charge in [-0.1, -0.05) is 30.3 Å². The second-order valence-corrected chi connectivity index (χ2v) is 7.67. The molecule has 1 N–H and O–H groups in total. The number of carbonyl (C=O) groups is 2. The summed E-state index contributed by atoms with van der Waals surface area (Å²) in [6.07, 6.45) is 1.92. The van der Waals surface area contributed by atoms with Gasteiger partial charge >= 0.3 is 0 Å². The van der Waals surface area contributed by atoms with Crippen LogP contribution in [0.15, 0.2) is 36.4 Å². The lowest BCUT2D eigenvalue weighted by molar-refractivity contribution is -0.141. The number of nitrogens with one attached hydrogen (secondary N) is 1. The average Bonchev–Trinajstić information content (AvgIpc) is 3.16. The van der Waals surface area contributed by atoms with Crippen LogP contribution in [0.5, 0.6) is 0 Å². The second kappa shape index (κ2) is 8.14. The summed E-state index contributed by atoms with van der Waals surface area (Å²) < 4.78 is 0. The van der Waals surface area contributed by atoms with E-state index >= 15 is 0 Å². The topological polar surface area (TPSA) is 72.5 Å². The molecule has 0 saturated carbocycles. The Labute approximate surface area is 165 Å². The number of likely N-dealkylation sites (tertiary alicyclic amines) is 1. The Kier molecular flexibility index (Phi) is 5.43. The highest BCUT2D eigenvalue weighted by Crippen LogP contribution is 2.21. The van der Waals surface area contributed by atoms with Crippen molar-refractivity contribution in [3.8, 4) is 0 Å². The lowest BCUT2D eigenvalue weighted by Gasteiger charge is -2.42. The van der Waals surface area contributed by atoms with Crippen molar-refractivity contribution in [2.45, 2.75) is 32.4 Å². The number of piperidine rings is 1. The molecule has 0 spiro atoms. The highest BCUT2D eigenvalue weighted by atomic mass is 16.2. The number of hydrogen-bond donors (Lipinski definition) is 1. The van der Waals surface area contributed by atoms with Crippen LogP contribution < -0.4 is 0 Å². The van der Waals surface area contributed by atoms with Gasteiger partial charge in [-0.3, -0.25) is 19.6 Å². The Morgan fingerprint density at radius 1 is 1.14 bits per heavy atom. The van der Waals surface area contributed by atoms with Gasteiger partial charge in [-0.25, -0.2) is 0 Å². The van der Waals surface area contributed by atoms with Gasteiger partial charge in [-0.15, -0.1) is 0 Å². The number of piperazine rings is 1. The van der Waals surface area contributed by atoms with E-state index in [4.69, 9.17) is 0 Å². The highest BCUT2D eigenvalue weighted by Gasteiger charge is 2.35. The number of rotatable bonds is 4. The van der Waals surface area contributed by atoms with E-state index in [1.165, 1.54) is 5.56 Å². The van der Waals surface area contributed by atoms with E-state index < -0.39 is 0 Å². The maximum Gasteiger partial charge on any atom is 0.274 e. The molecule has 2 saturated heterocycles. The normalized spacial score (nSPS) is 21.2. The summed E-state index contributed by atoms with van der Waals surface area (Å²) in [6, 6.07) is 11.9. The van der Waals surface area contributed by atoms with Crippen molar-refractivity contribution in [3.05, 3.63) is 53.3 Å². The minimum absolute atomic E-state index is 0.0373. The van der Waals surface area contributed by atoms with Crippen molar-refractivity contribution in [2.75, 3.05) is 32.7 Å². The van der Waals surface area contributed by atoms with Crippen molar-refractivity contribution in [1.82, 2.24) is 24.9 Å². The SMILES string of the molecule is Cc1cc(C(=O)N2CCN([C@@H]3CCCN(Cc4ccccc4)C3=O)CC2)n[nH]1. The summed E-state index contributed by atoms with van der Waals surface area (Å²) in [4.78, 5) is 31.7. The number of aryl methyl sites for hydroxylation is 1. The largest absolute Gasteiger partial charge is 0.337 e. The lowest BCUT2D eigenvalue weighted by atomic mass is 10.0. The molecule has 0 aliphatic carbocycles. The quantitative estimate of drug-likeness (QED) is 0.874. The molecule has 1 aromatic heterocycles. The van der Waals surface area contributed by atoms with Crippen molar-refractivity contribution in [1.29, 1.82) is 0 Å². The molecule has 2 aliphatic rings. The first-order valence-corrected chi connectivity index (χ1v) is 10.00. The fourth-order valence-corrected chi connectivity index (χ4v) is 4.15. The maximum absolute atomic E-state index is 13.1. The van der Waals surface area contributed by atoms with Crippen molar-refractivity contribution < 1.29 is 9.59 Å². The van der Waals surface area contributed by atoms with Gasteiger partial charge in [-0.2, -0.15) is 5.10 Å². The van der Waals surface area contributed by atoms with Gasteiger partial charge in [0.2, 0.25) is 5.91 Å². The molecular formula is C21H27N5O2. The molecule has 7 nitrogen and oxygen atoms in total. The number of nitrogens with zero attached hydrogens (tertiary/aromatic N) is 4. The van der Waals surface area contributed by atoms with E-state index in [0.29, 0.717) is 25.3 Å². The highest BCUT2D eigenvalue weighted by molar-refractivity contribution is 5.92. The Morgan fingerprint density at radius 2 is 1.89 bits per heavy atom. The Balaban J connectivity index is 1.34. The molecule has 2 amide bonds. The molecule has 28 heavy (non-hydrogen) atoms. The molecular weight excluding hydrogens is 354 g/mol. The minimum Gasteiger partial charge on any atom is -0.337 e. The summed E-state index contributed by atoms with van der Waals surface area (Å²) >= 11 is 0. The molecule has 2 fully saturated rings. The minimum atomic E-state index is -0.0673. The average molecular weight is 381 g/mol. The van der Waals surface area contributed by atoms with Crippen molar-refractivity contribution in [3.63, 3.8) is 0 Å². The van der Waals surface area contributed by atoms with Crippen LogP contribution in [0, 0.1) is 6.92 Å². The van der Waals surface area contributed by atoms with Gasteiger partial charge in [0.05, 0.1) is 6.04 Å². The molecule has 0 bridgehead atoms. The van der Waals surface area contributed by atoms with Gasteiger partial charge in [-0.05, 0) is 31.4 Å². The fourth-order valence-electron chi connectivity index (χ4n) is 4.15. The van der Waals surface area contributed by atoms with Gasteiger partial charge in [0, 0.05) is 45.0 Å². The molecule has 1 aromatic carbocycles. The first kappa shape index (κ1) is 18.7. The lowest BCUT2D eigenvalue weighted by Crippen LogP contribution is -2.58. The Hall–Kier alpha value is -2.67. The molecule has 148 valence electrons. The molecule has 4 rings (SSSR count).